The number of hydrogen-bond acceptors (Lipinski definition) is 0. The maximum atomic E-state index is 5.57. The summed E-state index contributed by atoms with van der Waals surface area (Å²) in [6.07, 6.45) is 0.395. The highest BCUT2D eigenvalue weighted by Gasteiger charge is 2.43. The third-order valence-electron chi connectivity index (χ3n) is 0.859. The first-order valence-corrected chi connectivity index (χ1v) is 4.15. The molecule has 9 heavy (non-hydrogen) atoms. The first-order chi connectivity index (χ1) is 3.81. The van der Waals surface area contributed by atoms with Gasteiger partial charge in [0.1, 0.15) is 0 Å². The average Bonchev–Trinajstić information content (AvgIpc) is 1.64. The molecule has 0 unspecified atom stereocenters. The van der Waals surface area contributed by atoms with Crippen LogP contribution in [0.15, 0.2) is 0 Å². The molecule has 0 aliphatic rings. The van der Waals surface area contributed by atoms with Crippen molar-refractivity contribution in [3.63, 3.8) is 0 Å². The van der Waals surface area contributed by atoms with Crippen LogP contribution >= 0.6 is 58.0 Å². The molecule has 0 bridgehead atoms. The van der Waals surface area contributed by atoms with Crippen molar-refractivity contribution in [2.45, 2.75) is 21.5 Å². The number of hydrogen-bond donors (Lipinski definition) is 0. The number of alkyl halides is 5. The Morgan fingerprint density at radius 3 is 1.33 bits per heavy atom. The normalized spacial score (nSPS) is 14.0. The molecular weight excluding hydrogens is 225 g/mol. The predicted octanol–water partition coefficient (Wildman–Crippen LogP) is 3.94. The van der Waals surface area contributed by atoms with Crippen LogP contribution in [0, 0.1) is 0 Å². The average molecular weight is 230 g/mol. The van der Waals surface area contributed by atoms with E-state index in [0.29, 0.717) is 6.42 Å². The molecule has 0 amide bonds. The summed E-state index contributed by atoms with van der Waals surface area (Å²) in [4.78, 5) is 0. The molecule has 0 nitrogen and oxygen atoms in total. The fraction of sp³-hybridized carbons (Fsp3) is 1.00. The Balaban J connectivity index is 4.14. The van der Waals surface area contributed by atoms with E-state index in [-0.39, 0.29) is 0 Å². The molecular formula is C4H5Cl5. The fourth-order valence-corrected chi connectivity index (χ4v) is 0.601. The molecule has 0 spiro atoms. The Morgan fingerprint density at radius 2 is 1.33 bits per heavy atom. The summed E-state index contributed by atoms with van der Waals surface area (Å²) < 4.78 is -2.89. The van der Waals surface area contributed by atoms with Gasteiger partial charge in [0.25, 0.3) is 0 Å². The van der Waals surface area contributed by atoms with E-state index in [4.69, 9.17) is 58.0 Å². The van der Waals surface area contributed by atoms with Crippen molar-refractivity contribution in [3.05, 3.63) is 0 Å². The summed E-state index contributed by atoms with van der Waals surface area (Å²) in [6, 6.07) is 0. The molecule has 0 atom stereocenters. The standard InChI is InChI=1S/C4H5Cl5/c1-2-3(5,6)4(7,8)9/h2H2,1H3. The quantitative estimate of drug-likeness (QED) is 0.598. The molecule has 56 valence electrons. The lowest BCUT2D eigenvalue weighted by molar-refractivity contribution is 0.761. The molecule has 0 heterocycles. The minimum absolute atomic E-state index is 0.395. The van der Waals surface area contributed by atoms with Gasteiger partial charge in [0.15, 0.2) is 4.33 Å². The first-order valence-electron chi connectivity index (χ1n) is 2.26. The van der Waals surface area contributed by atoms with Crippen molar-refractivity contribution < 1.29 is 0 Å². The van der Waals surface area contributed by atoms with E-state index in [2.05, 4.69) is 0 Å². The van der Waals surface area contributed by atoms with Crippen molar-refractivity contribution in [2.24, 2.45) is 0 Å². The lowest BCUT2D eigenvalue weighted by Crippen LogP contribution is -2.29. The van der Waals surface area contributed by atoms with Crippen LogP contribution < -0.4 is 0 Å². The number of halogens is 5. The van der Waals surface area contributed by atoms with Crippen LogP contribution in [0.5, 0.6) is 0 Å². The second kappa shape index (κ2) is 3.23. The minimum Gasteiger partial charge on any atom is -0.0969 e. The molecule has 0 rings (SSSR count). The highest BCUT2D eigenvalue weighted by molar-refractivity contribution is 6.75. The topological polar surface area (TPSA) is 0 Å². The SMILES string of the molecule is CCC(Cl)(Cl)C(Cl)(Cl)Cl. The van der Waals surface area contributed by atoms with Crippen LogP contribution in [0.2, 0.25) is 0 Å². The molecule has 0 aromatic carbocycles. The second-order valence-corrected chi connectivity index (χ2v) is 5.32. The van der Waals surface area contributed by atoms with Crippen LogP contribution in [0.25, 0.3) is 0 Å². The zero-order valence-corrected chi connectivity index (χ0v) is 8.38. The molecule has 0 saturated carbocycles. The van der Waals surface area contributed by atoms with E-state index in [1.54, 1.807) is 6.92 Å². The van der Waals surface area contributed by atoms with Gasteiger partial charge in [0, 0.05) is 0 Å². The van der Waals surface area contributed by atoms with Gasteiger partial charge in [0.2, 0.25) is 3.79 Å². The highest BCUT2D eigenvalue weighted by Crippen LogP contribution is 2.47. The Labute approximate surface area is 79.4 Å². The van der Waals surface area contributed by atoms with Gasteiger partial charge >= 0.3 is 0 Å². The van der Waals surface area contributed by atoms with Gasteiger partial charge in [-0.15, -0.1) is 0 Å². The summed E-state index contributed by atoms with van der Waals surface area (Å²) in [7, 11) is 0. The largest absolute Gasteiger partial charge is 0.222 e. The van der Waals surface area contributed by atoms with Crippen LogP contribution in [-0.2, 0) is 0 Å². The molecule has 0 aliphatic heterocycles. The van der Waals surface area contributed by atoms with Crippen molar-refractivity contribution in [1.29, 1.82) is 0 Å². The molecule has 0 fully saturated rings. The van der Waals surface area contributed by atoms with Gasteiger partial charge < -0.3 is 0 Å². The fourth-order valence-electron chi connectivity index (χ4n) is 0.200. The molecule has 0 aliphatic carbocycles. The van der Waals surface area contributed by atoms with Crippen LogP contribution in [-0.4, -0.2) is 8.13 Å². The molecule has 0 aromatic rings. The monoisotopic (exact) mass is 228 g/mol. The Morgan fingerprint density at radius 1 is 1.00 bits per heavy atom. The van der Waals surface area contributed by atoms with E-state index in [0.717, 1.165) is 0 Å². The zero-order valence-electron chi connectivity index (χ0n) is 4.60. The van der Waals surface area contributed by atoms with E-state index >= 15 is 0 Å². The van der Waals surface area contributed by atoms with E-state index in [1.165, 1.54) is 0 Å². The molecule has 0 aromatic heterocycles. The smallest absolute Gasteiger partial charge is 0.0969 e. The van der Waals surface area contributed by atoms with Gasteiger partial charge in [0.05, 0.1) is 0 Å². The van der Waals surface area contributed by atoms with Crippen LogP contribution in [0.1, 0.15) is 13.3 Å². The van der Waals surface area contributed by atoms with Crippen molar-refractivity contribution in [1.82, 2.24) is 0 Å². The summed E-state index contributed by atoms with van der Waals surface area (Å²) in [5.74, 6) is 0. The number of rotatable bonds is 1. The third-order valence-corrected chi connectivity index (χ3v) is 3.51. The van der Waals surface area contributed by atoms with Gasteiger partial charge in [-0.1, -0.05) is 64.9 Å². The predicted molar refractivity (Wildman–Crippen MR) is 45.0 cm³/mol. The van der Waals surface area contributed by atoms with Gasteiger partial charge in [-0.05, 0) is 6.42 Å². The van der Waals surface area contributed by atoms with Gasteiger partial charge in [-0.3, -0.25) is 0 Å². The Bertz CT molecular complexity index is 91.6. The van der Waals surface area contributed by atoms with Crippen molar-refractivity contribution in [3.8, 4) is 0 Å². The van der Waals surface area contributed by atoms with Gasteiger partial charge in [-0.25, -0.2) is 0 Å². The lowest BCUT2D eigenvalue weighted by Gasteiger charge is -2.25. The lowest BCUT2D eigenvalue weighted by atomic mass is 10.3. The Hall–Kier alpha value is 1.45. The summed E-state index contributed by atoms with van der Waals surface area (Å²) >= 11 is 27.3. The first kappa shape index (κ1) is 10.4. The highest BCUT2D eigenvalue weighted by atomic mass is 35.6. The van der Waals surface area contributed by atoms with Gasteiger partial charge in [-0.2, -0.15) is 0 Å². The summed E-state index contributed by atoms with van der Waals surface area (Å²) in [5, 5.41) is 0. The second-order valence-electron chi connectivity index (χ2n) is 1.56. The molecule has 0 radical (unpaired) electrons. The maximum absolute atomic E-state index is 5.57. The van der Waals surface area contributed by atoms with Crippen molar-refractivity contribution >= 4 is 58.0 Å². The molecule has 5 heteroatoms. The van der Waals surface area contributed by atoms with E-state index in [1.807, 2.05) is 0 Å². The summed E-state index contributed by atoms with van der Waals surface area (Å²) in [5.41, 5.74) is 0. The van der Waals surface area contributed by atoms with Crippen LogP contribution in [0.3, 0.4) is 0 Å². The van der Waals surface area contributed by atoms with E-state index < -0.39 is 8.13 Å². The van der Waals surface area contributed by atoms with E-state index in [9.17, 15) is 0 Å². The molecule has 0 saturated heterocycles. The zero-order chi connectivity index (χ0) is 7.71. The van der Waals surface area contributed by atoms with Crippen molar-refractivity contribution in [2.75, 3.05) is 0 Å². The summed E-state index contributed by atoms with van der Waals surface area (Å²) in [6.45, 7) is 1.74. The third kappa shape index (κ3) is 2.90. The molecule has 0 N–H and O–H groups in total. The Kier molecular flexibility index (Phi) is 3.75. The van der Waals surface area contributed by atoms with Crippen LogP contribution in [0.4, 0.5) is 0 Å². The maximum Gasteiger partial charge on any atom is 0.222 e. The minimum atomic E-state index is -1.61.